The van der Waals surface area contributed by atoms with Crippen LogP contribution in [0.25, 0.3) is 0 Å². The molecule has 2 N–H and O–H groups in total. The normalized spacial score (nSPS) is 10.6. The van der Waals surface area contributed by atoms with E-state index in [1.807, 2.05) is 26.0 Å². The molecule has 0 aliphatic carbocycles. The lowest BCUT2D eigenvalue weighted by atomic mass is 10.1. The highest BCUT2D eigenvalue weighted by Gasteiger charge is 2.30. The lowest BCUT2D eigenvalue weighted by Gasteiger charge is -2.08. The Hall–Kier alpha value is -2.08. The quantitative estimate of drug-likeness (QED) is 0.909. The van der Waals surface area contributed by atoms with Gasteiger partial charge >= 0.3 is 6.18 Å². The molecule has 0 fully saturated rings. The summed E-state index contributed by atoms with van der Waals surface area (Å²) in [5, 5.41) is 0. The molecule has 0 amide bonds. The molecule has 0 saturated carbocycles. The van der Waals surface area contributed by atoms with Gasteiger partial charge in [0.2, 0.25) is 5.88 Å². The summed E-state index contributed by atoms with van der Waals surface area (Å²) in [5.41, 5.74) is 5.71. The van der Waals surface area contributed by atoms with Crippen molar-refractivity contribution in [1.29, 1.82) is 0 Å². The third kappa shape index (κ3) is 5.37. The van der Waals surface area contributed by atoms with Gasteiger partial charge in [-0.25, -0.2) is 4.98 Å². The molecule has 1 aromatic carbocycles. The second-order valence-corrected chi connectivity index (χ2v) is 4.17. The third-order valence-corrected chi connectivity index (χ3v) is 2.64. The fraction of sp³-hybridized carbons (Fsp3) is 0.312. The fourth-order valence-electron chi connectivity index (χ4n) is 1.62. The minimum Gasteiger partial charge on any atom is -0.439 e. The molecule has 1 aromatic heterocycles. The molecule has 1 heterocycles. The van der Waals surface area contributed by atoms with Crippen LogP contribution in [0.1, 0.15) is 25.0 Å². The zero-order valence-corrected chi connectivity index (χ0v) is 12.5. The topological polar surface area (TPSA) is 48.1 Å². The fourth-order valence-corrected chi connectivity index (χ4v) is 1.62. The van der Waals surface area contributed by atoms with E-state index >= 15 is 0 Å². The first-order valence-electron chi connectivity index (χ1n) is 6.99. The Morgan fingerprint density at radius 1 is 1.05 bits per heavy atom. The molecule has 2 rings (SSSR count). The van der Waals surface area contributed by atoms with E-state index in [9.17, 15) is 13.2 Å². The van der Waals surface area contributed by atoms with Gasteiger partial charge in [0.05, 0.1) is 5.56 Å². The highest BCUT2D eigenvalue weighted by atomic mass is 19.4. The highest BCUT2D eigenvalue weighted by Crippen LogP contribution is 2.30. The number of rotatable bonds is 4. The number of halogens is 3. The molecule has 22 heavy (non-hydrogen) atoms. The first-order chi connectivity index (χ1) is 10.5. The van der Waals surface area contributed by atoms with Gasteiger partial charge in [-0.05, 0) is 36.7 Å². The Balaban J connectivity index is 0.00000116. The molecule has 0 saturated heterocycles. The van der Waals surface area contributed by atoms with E-state index in [4.69, 9.17) is 10.5 Å². The number of nitrogens with zero attached hydrogens (tertiary/aromatic N) is 1. The predicted octanol–water partition coefficient (Wildman–Crippen LogP) is 4.42. The van der Waals surface area contributed by atoms with Gasteiger partial charge in [0.15, 0.2) is 0 Å². The van der Waals surface area contributed by atoms with Gasteiger partial charge in [0.25, 0.3) is 0 Å². The van der Waals surface area contributed by atoms with Crippen LogP contribution in [0.4, 0.5) is 13.2 Å². The van der Waals surface area contributed by atoms with Crippen molar-refractivity contribution in [2.24, 2.45) is 5.73 Å². The van der Waals surface area contributed by atoms with Crippen LogP contribution in [0.15, 0.2) is 42.6 Å². The molecule has 0 aliphatic rings. The number of ether oxygens (including phenoxy) is 1. The Morgan fingerprint density at radius 3 is 2.14 bits per heavy atom. The van der Waals surface area contributed by atoms with Gasteiger partial charge < -0.3 is 10.5 Å². The summed E-state index contributed by atoms with van der Waals surface area (Å²) < 4.78 is 42.5. The average molecular weight is 312 g/mol. The van der Waals surface area contributed by atoms with Crippen molar-refractivity contribution in [2.45, 2.75) is 26.4 Å². The van der Waals surface area contributed by atoms with E-state index in [-0.39, 0.29) is 5.88 Å². The third-order valence-electron chi connectivity index (χ3n) is 2.64. The first-order valence-corrected chi connectivity index (χ1v) is 6.99. The standard InChI is InChI=1S/C14H13F3N2O.C2H6/c15-14(16,17)11-3-6-13(19-9-11)20-12-4-1-10(2-5-12)7-8-18;1-2/h1-6,9H,7-8,18H2;1-2H3. The van der Waals surface area contributed by atoms with E-state index < -0.39 is 11.7 Å². The van der Waals surface area contributed by atoms with Crippen molar-refractivity contribution in [3.8, 4) is 11.6 Å². The molecule has 120 valence electrons. The maximum absolute atomic E-state index is 12.4. The van der Waals surface area contributed by atoms with E-state index in [1.54, 1.807) is 12.1 Å². The molecular formula is C16H19F3N2O. The lowest BCUT2D eigenvalue weighted by Crippen LogP contribution is -2.05. The molecule has 0 unspecified atom stereocenters. The summed E-state index contributed by atoms with van der Waals surface area (Å²) in [7, 11) is 0. The van der Waals surface area contributed by atoms with Gasteiger partial charge in [0.1, 0.15) is 5.75 Å². The number of aromatic nitrogens is 1. The SMILES string of the molecule is CC.NCCc1ccc(Oc2ccc(C(F)(F)F)cn2)cc1. The van der Waals surface area contributed by atoms with E-state index in [0.717, 1.165) is 24.2 Å². The van der Waals surface area contributed by atoms with Crippen molar-refractivity contribution in [2.75, 3.05) is 6.54 Å². The van der Waals surface area contributed by atoms with Crippen LogP contribution in [-0.2, 0) is 12.6 Å². The zero-order valence-electron chi connectivity index (χ0n) is 12.5. The number of hydrogen-bond donors (Lipinski definition) is 1. The summed E-state index contributed by atoms with van der Waals surface area (Å²) in [6.07, 6.45) is -2.88. The highest BCUT2D eigenvalue weighted by molar-refractivity contribution is 5.31. The van der Waals surface area contributed by atoms with Crippen LogP contribution in [0, 0.1) is 0 Å². The molecule has 2 aromatic rings. The van der Waals surface area contributed by atoms with Crippen molar-refractivity contribution in [3.05, 3.63) is 53.7 Å². The number of pyridine rings is 1. The largest absolute Gasteiger partial charge is 0.439 e. The Morgan fingerprint density at radius 2 is 1.68 bits per heavy atom. The van der Waals surface area contributed by atoms with Gasteiger partial charge in [-0.2, -0.15) is 13.2 Å². The Labute approximate surface area is 127 Å². The molecule has 0 radical (unpaired) electrons. The first kappa shape index (κ1) is 18.0. The van der Waals surface area contributed by atoms with Crippen molar-refractivity contribution < 1.29 is 17.9 Å². The monoisotopic (exact) mass is 312 g/mol. The van der Waals surface area contributed by atoms with E-state index in [0.29, 0.717) is 12.3 Å². The van der Waals surface area contributed by atoms with Gasteiger partial charge in [-0.15, -0.1) is 0 Å². The molecule has 0 spiro atoms. The summed E-state index contributed by atoms with van der Waals surface area (Å²) in [6.45, 7) is 4.56. The average Bonchev–Trinajstić information content (AvgIpc) is 2.51. The lowest BCUT2D eigenvalue weighted by molar-refractivity contribution is -0.137. The molecule has 0 aliphatic heterocycles. The van der Waals surface area contributed by atoms with Crippen molar-refractivity contribution >= 4 is 0 Å². The summed E-state index contributed by atoms with van der Waals surface area (Å²) >= 11 is 0. The van der Waals surface area contributed by atoms with Gasteiger partial charge in [-0.1, -0.05) is 26.0 Å². The van der Waals surface area contributed by atoms with Crippen LogP contribution in [-0.4, -0.2) is 11.5 Å². The maximum atomic E-state index is 12.4. The number of benzene rings is 1. The van der Waals surface area contributed by atoms with Crippen LogP contribution in [0.2, 0.25) is 0 Å². The van der Waals surface area contributed by atoms with Crippen LogP contribution in [0.3, 0.4) is 0 Å². The Kier molecular flexibility index (Phi) is 6.85. The summed E-state index contributed by atoms with van der Waals surface area (Å²) in [5.74, 6) is 0.627. The van der Waals surface area contributed by atoms with Gasteiger partial charge in [-0.3, -0.25) is 0 Å². The smallest absolute Gasteiger partial charge is 0.417 e. The van der Waals surface area contributed by atoms with Crippen LogP contribution >= 0.6 is 0 Å². The minimum atomic E-state index is -4.39. The number of alkyl halides is 3. The van der Waals surface area contributed by atoms with Crippen molar-refractivity contribution in [3.63, 3.8) is 0 Å². The van der Waals surface area contributed by atoms with Gasteiger partial charge in [0, 0.05) is 12.3 Å². The van der Waals surface area contributed by atoms with E-state index in [2.05, 4.69) is 4.98 Å². The molecule has 3 nitrogen and oxygen atoms in total. The van der Waals surface area contributed by atoms with Crippen LogP contribution < -0.4 is 10.5 Å². The molecule has 0 bridgehead atoms. The second-order valence-electron chi connectivity index (χ2n) is 4.17. The summed E-state index contributed by atoms with van der Waals surface area (Å²) in [6, 6.07) is 9.29. The number of nitrogens with two attached hydrogens (primary N) is 1. The summed E-state index contributed by atoms with van der Waals surface area (Å²) in [4.78, 5) is 3.64. The molecule has 0 atom stereocenters. The van der Waals surface area contributed by atoms with E-state index in [1.165, 1.54) is 6.07 Å². The Bertz CT molecular complexity index is 551. The maximum Gasteiger partial charge on any atom is 0.417 e. The number of hydrogen-bond acceptors (Lipinski definition) is 3. The van der Waals surface area contributed by atoms with Crippen LogP contribution in [0.5, 0.6) is 11.6 Å². The zero-order chi connectivity index (χ0) is 16.6. The molecular weight excluding hydrogens is 293 g/mol. The molecule has 6 heteroatoms. The second kappa shape index (κ2) is 8.38. The van der Waals surface area contributed by atoms with Crippen molar-refractivity contribution in [1.82, 2.24) is 4.98 Å². The minimum absolute atomic E-state index is 0.115. The predicted molar refractivity (Wildman–Crippen MR) is 79.9 cm³/mol.